The molecule has 0 heterocycles. The molecule has 148 valence electrons. The molecule has 3 rings (SSSR count). The second-order valence-corrected chi connectivity index (χ2v) is 7.73. The summed E-state index contributed by atoms with van der Waals surface area (Å²) in [4.78, 5) is 6.04. The number of hydrogen-bond acceptors (Lipinski definition) is 4. The van der Waals surface area contributed by atoms with E-state index in [4.69, 9.17) is 14.5 Å². The number of para-hydroxylation sites is 2. The van der Waals surface area contributed by atoms with Crippen LogP contribution in [0, 0.1) is 13.8 Å². The summed E-state index contributed by atoms with van der Waals surface area (Å²) in [7, 11) is 1.64. The van der Waals surface area contributed by atoms with Gasteiger partial charge in [-0.15, -0.1) is 0 Å². The van der Waals surface area contributed by atoms with Crippen LogP contribution in [-0.2, 0) is 0 Å². The van der Waals surface area contributed by atoms with E-state index in [1.165, 1.54) is 11.1 Å². The molecule has 0 aromatic heterocycles. The summed E-state index contributed by atoms with van der Waals surface area (Å²) < 4.78 is 11.3. The van der Waals surface area contributed by atoms with E-state index in [2.05, 4.69) is 38.1 Å². The maximum atomic E-state index is 5.91. The maximum Gasteiger partial charge on any atom is 0.168 e. The molecule has 4 heteroatoms. The minimum atomic E-state index is 0.671. The van der Waals surface area contributed by atoms with Gasteiger partial charge in [0, 0.05) is 10.5 Å². The van der Waals surface area contributed by atoms with Gasteiger partial charge in [-0.1, -0.05) is 48.2 Å². The van der Waals surface area contributed by atoms with Crippen LogP contribution in [0.3, 0.4) is 0 Å². The summed E-state index contributed by atoms with van der Waals surface area (Å²) in [6, 6.07) is 24.1. The SMILES string of the molecule is COc1ccccc1OC=C(C)C(=Nc1ccc(C)c(C)c1)Sc1ccccc1. The molecule has 0 aliphatic carbocycles. The van der Waals surface area contributed by atoms with Crippen molar-refractivity contribution in [3.63, 3.8) is 0 Å². The number of hydrogen-bond donors (Lipinski definition) is 0. The smallest absolute Gasteiger partial charge is 0.168 e. The molecular formula is C25H25NO2S. The van der Waals surface area contributed by atoms with Gasteiger partial charge in [0.1, 0.15) is 5.04 Å². The normalized spacial score (nSPS) is 12.0. The van der Waals surface area contributed by atoms with Crippen LogP contribution in [0.25, 0.3) is 0 Å². The number of benzene rings is 3. The van der Waals surface area contributed by atoms with Gasteiger partial charge in [-0.3, -0.25) is 0 Å². The second-order valence-electron chi connectivity index (χ2n) is 6.67. The minimum absolute atomic E-state index is 0.671. The van der Waals surface area contributed by atoms with Crippen LogP contribution in [0.4, 0.5) is 5.69 Å². The van der Waals surface area contributed by atoms with Crippen molar-refractivity contribution in [3.8, 4) is 11.5 Å². The first-order valence-corrected chi connectivity index (χ1v) is 10.2. The third-order valence-corrected chi connectivity index (χ3v) is 5.56. The molecular weight excluding hydrogens is 378 g/mol. The van der Waals surface area contributed by atoms with Crippen molar-refractivity contribution < 1.29 is 9.47 Å². The third kappa shape index (κ3) is 5.75. The van der Waals surface area contributed by atoms with Crippen molar-refractivity contribution in [1.29, 1.82) is 0 Å². The molecule has 0 amide bonds. The van der Waals surface area contributed by atoms with Crippen molar-refractivity contribution >= 4 is 22.5 Å². The first-order valence-electron chi connectivity index (χ1n) is 9.42. The molecule has 0 aliphatic rings. The van der Waals surface area contributed by atoms with E-state index in [1.54, 1.807) is 25.1 Å². The van der Waals surface area contributed by atoms with Gasteiger partial charge in [0.05, 0.1) is 19.1 Å². The number of methoxy groups -OCH3 is 1. The zero-order valence-electron chi connectivity index (χ0n) is 17.2. The largest absolute Gasteiger partial charge is 0.493 e. The Labute approximate surface area is 177 Å². The van der Waals surface area contributed by atoms with Crippen molar-refractivity contribution in [2.75, 3.05) is 7.11 Å². The van der Waals surface area contributed by atoms with Gasteiger partial charge < -0.3 is 9.47 Å². The van der Waals surface area contributed by atoms with E-state index in [-0.39, 0.29) is 0 Å². The van der Waals surface area contributed by atoms with Gasteiger partial charge in [0.2, 0.25) is 0 Å². The second kappa shape index (κ2) is 9.99. The molecule has 29 heavy (non-hydrogen) atoms. The summed E-state index contributed by atoms with van der Waals surface area (Å²) in [6.07, 6.45) is 1.73. The molecule has 0 aliphatic heterocycles. The Kier molecular flexibility index (Phi) is 7.14. The molecule has 0 N–H and O–H groups in total. The Hall–Kier alpha value is -2.98. The predicted octanol–water partition coefficient (Wildman–Crippen LogP) is 7.12. The van der Waals surface area contributed by atoms with Crippen molar-refractivity contribution in [2.24, 2.45) is 4.99 Å². The van der Waals surface area contributed by atoms with E-state index in [0.29, 0.717) is 11.5 Å². The van der Waals surface area contributed by atoms with Gasteiger partial charge >= 0.3 is 0 Å². The lowest BCUT2D eigenvalue weighted by Crippen LogP contribution is -1.98. The van der Waals surface area contributed by atoms with Gasteiger partial charge in [-0.2, -0.15) is 0 Å². The fourth-order valence-corrected chi connectivity index (χ4v) is 3.50. The molecule has 0 saturated carbocycles. The number of aryl methyl sites for hydroxylation is 2. The lowest BCUT2D eigenvalue weighted by atomic mass is 10.1. The van der Waals surface area contributed by atoms with Gasteiger partial charge in [0.15, 0.2) is 11.5 Å². The summed E-state index contributed by atoms with van der Waals surface area (Å²) in [5.41, 5.74) is 4.34. The third-order valence-electron chi connectivity index (χ3n) is 4.45. The maximum absolute atomic E-state index is 5.91. The summed E-state index contributed by atoms with van der Waals surface area (Å²) in [6.45, 7) is 6.21. The molecule has 3 aromatic rings. The number of aliphatic imine (C=N–C) groups is 1. The van der Waals surface area contributed by atoms with Gasteiger partial charge in [0.25, 0.3) is 0 Å². The number of nitrogens with zero attached hydrogens (tertiary/aromatic N) is 1. The van der Waals surface area contributed by atoms with E-state index in [9.17, 15) is 0 Å². The van der Waals surface area contributed by atoms with E-state index in [1.807, 2.05) is 55.5 Å². The molecule has 0 radical (unpaired) electrons. The molecule has 0 bridgehead atoms. The Morgan fingerprint density at radius 1 is 0.862 bits per heavy atom. The highest BCUT2D eigenvalue weighted by molar-refractivity contribution is 8.14. The zero-order valence-corrected chi connectivity index (χ0v) is 18.0. The topological polar surface area (TPSA) is 30.8 Å². The van der Waals surface area contributed by atoms with Crippen LogP contribution >= 0.6 is 11.8 Å². The average molecular weight is 404 g/mol. The average Bonchev–Trinajstić information content (AvgIpc) is 2.75. The first kappa shape index (κ1) is 20.7. The first-order chi connectivity index (χ1) is 14.1. The fraction of sp³-hybridized carbons (Fsp3) is 0.160. The summed E-state index contributed by atoms with van der Waals surface area (Å²) in [5.74, 6) is 1.37. The standard InChI is InChI=1S/C25H25NO2S/c1-18-14-15-21(16-19(18)2)26-25(29-22-10-6-5-7-11-22)20(3)17-28-24-13-9-8-12-23(24)27-4/h5-17H,1-4H3. The van der Waals surface area contributed by atoms with Crippen LogP contribution in [0.1, 0.15) is 18.1 Å². The van der Waals surface area contributed by atoms with Crippen molar-refractivity contribution in [2.45, 2.75) is 25.7 Å². The number of rotatable bonds is 6. The van der Waals surface area contributed by atoms with Gasteiger partial charge in [-0.05, 0) is 68.3 Å². The van der Waals surface area contributed by atoms with Crippen LogP contribution in [0.5, 0.6) is 11.5 Å². The van der Waals surface area contributed by atoms with E-state index in [0.717, 1.165) is 21.2 Å². The zero-order chi connectivity index (χ0) is 20.6. The predicted molar refractivity (Wildman–Crippen MR) is 123 cm³/mol. The highest BCUT2D eigenvalue weighted by Crippen LogP contribution is 2.29. The van der Waals surface area contributed by atoms with E-state index >= 15 is 0 Å². The molecule has 3 nitrogen and oxygen atoms in total. The summed E-state index contributed by atoms with van der Waals surface area (Å²) in [5, 5.41) is 0.884. The van der Waals surface area contributed by atoms with Crippen molar-refractivity contribution in [1.82, 2.24) is 0 Å². The Bertz CT molecular complexity index is 1030. The highest BCUT2D eigenvalue weighted by Gasteiger charge is 2.09. The van der Waals surface area contributed by atoms with Crippen LogP contribution in [0.2, 0.25) is 0 Å². The molecule has 0 fully saturated rings. The Balaban J connectivity index is 1.92. The van der Waals surface area contributed by atoms with Crippen LogP contribution in [0.15, 0.2) is 94.5 Å². The van der Waals surface area contributed by atoms with Crippen molar-refractivity contribution in [3.05, 3.63) is 95.8 Å². The monoisotopic (exact) mass is 403 g/mol. The van der Waals surface area contributed by atoms with E-state index < -0.39 is 0 Å². The quantitative estimate of drug-likeness (QED) is 0.190. The fourth-order valence-electron chi connectivity index (χ4n) is 2.62. The van der Waals surface area contributed by atoms with Crippen LogP contribution in [-0.4, -0.2) is 12.2 Å². The number of thioether (sulfide) groups is 1. The lowest BCUT2D eigenvalue weighted by Gasteiger charge is -2.10. The minimum Gasteiger partial charge on any atom is -0.493 e. The molecule has 3 aromatic carbocycles. The Morgan fingerprint density at radius 2 is 1.55 bits per heavy atom. The Morgan fingerprint density at radius 3 is 2.24 bits per heavy atom. The number of ether oxygens (including phenoxy) is 2. The lowest BCUT2D eigenvalue weighted by molar-refractivity contribution is 0.377. The molecule has 0 atom stereocenters. The van der Waals surface area contributed by atoms with Gasteiger partial charge in [-0.25, -0.2) is 4.99 Å². The molecule has 0 unspecified atom stereocenters. The molecule has 0 saturated heterocycles. The molecule has 0 spiro atoms. The highest BCUT2D eigenvalue weighted by atomic mass is 32.2. The van der Waals surface area contributed by atoms with Crippen LogP contribution < -0.4 is 9.47 Å². The summed E-state index contributed by atoms with van der Waals surface area (Å²) >= 11 is 1.62.